The highest BCUT2D eigenvalue weighted by molar-refractivity contribution is 5.80. The molecule has 0 spiro atoms. The van der Waals surface area contributed by atoms with E-state index in [2.05, 4.69) is 11.4 Å². The zero-order valence-corrected chi connectivity index (χ0v) is 11.7. The molecule has 0 aromatic heterocycles. The quantitative estimate of drug-likeness (QED) is 0.914. The van der Waals surface area contributed by atoms with Crippen molar-refractivity contribution in [2.75, 3.05) is 6.61 Å². The second-order valence-electron chi connectivity index (χ2n) is 6.53. The van der Waals surface area contributed by atoms with Gasteiger partial charge in [-0.3, -0.25) is 4.79 Å². The highest BCUT2D eigenvalue weighted by Crippen LogP contribution is 2.44. The largest absolute Gasteiger partial charge is 0.492 e. The molecule has 106 valence electrons. The Hall–Kier alpha value is -1.51. The Morgan fingerprint density at radius 1 is 1.15 bits per heavy atom. The summed E-state index contributed by atoms with van der Waals surface area (Å²) in [6, 6.07) is 8.49. The van der Waals surface area contributed by atoms with Crippen LogP contribution in [0, 0.1) is 17.8 Å². The van der Waals surface area contributed by atoms with Gasteiger partial charge in [0.1, 0.15) is 12.4 Å². The number of amides is 1. The molecule has 1 N–H and O–H groups in total. The minimum atomic E-state index is -0.0232. The van der Waals surface area contributed by atoms with Crippen LogP contribution >= 0.6 is 0 Å². The zero-order chi connectivity index (χ0) is 13.5. The summed E-state index contributed by atoms with van der Waals surface area (Å²) < 4.78 is 5.73. The van der Waals surface area contributed by atoms with Crippen LogP contribution in [-0.4, -0.2) is 18.6 Å². The van der Waals surface area contributed by atoms with Gasteiger partial charge in [0.05, 0.1) is 5.92 Å². The number of carbonyl (C=O) groups is 1. The Morgan fingerprint density at radius 2 is 1.85 bits per heavy atom. The molecule has 1 aromatic carbocycles. The number of ether oxygens (including phenoxy) is 1. The molecule has 3 heteroatoms. The van der Waals surface area contributed by atoms with Crippen LogP contribution in [0.5, 0.6) is 5.75 Å². The van der Waals surface area contributed by atoms with Crippen LogP contribution in [0.15, 0.2) is 24.3 Å². The summed E-state index contributed by atoms with van der Waals surface area (Å²) in [7, 11) is 0. The molecule has 3 aliphatic rings. The Bertz CT molecular complexity index is 507. The number of carbonyl (C=O) groups excluding carboxylic acids is 1. The maximum Gasteiger partial charge on any atom is 0.227 e. The summed E-state index contributed by atoms with van der Waals surface area (Å²) in [6.45, 7) is 0.519. The van der Waals surface area contributed by atoms with Crippen LogP contribution in [0.3, 0.4) is 0 Å². The first-order chi connectivity index (χ1) is 9.81. The molecule has 0 radical (unpaired) electrons. The Morgan fingerprint density at radius 3 is 2.55 bits per heavy atom. The molecule has 4 rings (SSSR count). The summed E-state index contributed by atoms with van der Waals surface area (Å²) in [6.07, 6.45) is 6.00. The van der Waals surface area contributed by atoms with Crippen LogP contribution in [0.2, 0.25) is 0 Å². The van der Waals surface area contributed by atoms with E-state index >= 15 is 0 Å². The van der Waals surface area contributed by atoms with Crippen molar-refractivity contribution in [1.29, 1.82) is 0 Å². The van der Waals surface area contributed by atoms with Crippen LogP contribution < -0.4 is 10.1 Å². The summed E-state index contributed by atoms with van der Waals surface area (Å²) in [5.41, 5.74) is 1.16. The third-order valence-electron chi connectivity index (χ3n) is 4.82. The first-order valence-corrected chi connectivity index (χ1v) is 7.82. The second-order valence-corrected chi connectivity index (χ2v) is 6.53. The number of para-hydroxylation sites is 1. The fraction of sp³-hybridized carbons (Fsp3) is 0.588. The normalized spacial score (nSPS) is 24.9. The molecule has 2 saturated carbocycles. The van der Waals surface area contributed by atoms with E-state index in [0.29, 0.717) is 12.6 Å². The third kappa shape index (κ3) is 2.41. The minimum absolute atomic E-state index is 0.0232. The van der Waals surface area contributed by atoms with Crippen LogP contribution in [-0.2, 0) is 11.2 Å². The molecule has 3 nitrogen and oxygen atoms in total. The first kappa shape index (κ1) is 12.2. The predicted molar refractivity (Wildman–Crippen MR) is 76.5 cm³/mol. The zero-order valence-electron chi connectivity index (χ0n) is 11.7. The van der Waals surface area contributed by atoms with Gasteiger partial charge in [0.15, 0.2) is 0 Å². The van der Waals surface area contributed by atoms with Crippen molar-refractivity contribution >= 4 is 5.91 Å². The predicted octanol–water partition coefficient (Wildman–Crippen LogP) is 2.54. The highest BCUT2D eigenvalue weighted by atomic mass is 16.5. The molecule has 1 amide bonds. The van der Waals surface area contributed by atoms with Crippen molar-refractivity contribution in [3.63, 3.8) is 0 Å². The van der Waals surface area contributed by atoms with Gasteiger partial charge >= 0.3 is 0 Å². The lowest BCUT2D eigenvalue weighted by Crippen LogP contribution is -2.44. The average Bonchev–Trinajstić information content (AvgIpc) is 3.37. The molecule has 2 fully saturated rings. The minimum Gasteiger partial charge on any atom is -0.492 e. The molecule has 0 saturated heterocycles. The van der Waals surface area contributed by atoms with E-state index in [0.717, 1.165) is 29.6 Å². The van der Waals surface area contributed by atoms with E-state index in [4.69, 9.17) is 4.74 Å². The third-order valence-corrected chi connectivity index (χ3v) is 4.82. The number of rotatable bonds is 4. The monoisotopic (exact) mass is 271 g/mol. The summed E-state index contributed by atoms with van der Waals surface area (Å²) >= 11 is 0. The van der Waals surface area contributed by atoms with E-state index < -0.39 is 0 Å². The Kier molecular flexibility index (Phi) is 2.94. The highest BCUT2D eigenvalue weighted by Gasteiger charge is 2.43. The van der Waals surface area contributed by atoms with E-state index in [1.54, 1.807) is 0 Å². The summed E-state index contributed by atoms with van der Waals surface area (Å²) in [4.78, 5) is 12.5. The molecule has 1 heterocycles. The molecule has 0 unspecified atom stereocenters. The topological polar surface area (TPSA) is 38.3 Å². The average molecular weight is 271 g/mol. The lowest BCUT2D eigenvalue weighted by molar-refractivity contribution is -0.127. The van der Waals surface area contributed by atoms with Gasteiger partial charge in [0.25, 0.3) is 0 Å². The van der Waals surface area contributed by atoms with Gasteiger partial charge in [-0.2, -0.15) is 0 Å². The van der Waals surface area contributed by atoms with Crippen molar-refractivity contribution in [2.45, 2.75) is 38.1 Å². The van der Waals surface area contributed by atoms with Gasteiger partial charge in [-0.1, -0.05) is 18.2 Å². The number of hydrogen-bond donors (Lipinski definition) is 1. The van der Waals surface area contributed by atoms with Gasteiger partial charge in [-0.15, -0.1) is 0 Å². The molecule has 20 heavy (non-hydrogen) atoms. The second kappa shape index (κ2) is 4.80. The molecule has 2 aliphatic carbocycles. The van der Waals surface area contributed by atoms with Crippen molar-refractivity contribution in [3.05, 3.63) is 29.8 Å². The van der Waals surface area contributed by atoms with Crippen LogP contribution in [0.25, 0.3) is 0 Å². The molecule has 1 atom stereocenters. The van der Waals surface area contributed by atoms with Crippen molar-refractivity contribution in [1.82, 2.24) is 5.32 Å². The number of benzene rings is 1. The van der Waals surface area contributed by atoms with Gasteiger partial charge < -0.3 is 10.1 Å². The summed E-state index contributed by atoms with van der Waals surface area (Å²) in [5, 5.41) is 3.32. The van der Waals surface area contributed by atoms with Crippen molar-refractivity contribution in [2.24, 2.45) is 17.8 Å². The van der Waals surface area contributed by atoms with Crippen LogP contribution in [0.1, 0.15) is 31.2 Å². The van der Waals surface area contributed by atoms with Crippen molar-refractivity contribution in [3.8, 4) is 5.75 Å². The lowest BCUT2D eigenvalue weighted by Gasteiger charge is -2.27. The number of fused-ring (bicyclic) bond motifs is 1. The van der Waals surface area contributed by atoms with E-state index in [9.17, 15) is 4.79 Å². The SMILES string of the molecule is O=C(NC(C1CC1)C1CC1)[C@H]1COc2ccccc2C1. The molecular formula is C17H21NO2. The first-order valence-electron chi connectivity index (χ1n) is 7.82. The van der Waals surface area contributed by atoms with Crippen LogP contribution in [0.4, 0.5) is 0 Å². The smallest absolute Gasteiger partial charge is 0.227 e. The summed E-state index contributed by atoms with van der Waals surface area (Å²) in [5.74, 6) is 2.62. The number of hydrogen-bond acceptors (Lipinski definition) is 2. The molecule has 0 bridgehead atoms. The van der Waals surface area contributed by atoms with Gasteiger partial charge in [0, 0.05) is 6.04 Å². The van der Waals surface area contributed by atoms with E-state index in [-0.39, 0.29) is 11.8 Å². The maximum absolute atomic E-state index is 12.5. The fourth-order valence-electron chi connectivity index (χ4n) is 3.31. The molecule has 1 aromatic rings. The molecular weight excluding hydrogens is 250 g/mol. The van der Waals surface area contributed by atoms with Gasteiger partial charge in [0.2, 0.25) is 5.91 Å². The van der Waals surface area contributed by atoms with Gasteiger partial charge in [-0.25, -0.2) is 0 Å². The fourth-order valence-corrected chi connectivity index (χ4v) is 3.31. The van der Waals surface area contributed by atoms with Crippen molar-refractivity contribution < 1.29 is 9.53 Å². The Balaban J connectivity index is 1.41. The lowest BCUT2D eigenvalue weighted by atomic mass is 9.95. The van der Waals surface area contributed by atoms with Gasteiger partial charge in [-0.05, 0) is 55.6 Å². The maximum atomic E-state index is 12.5. The standard InChI is InChI=1S/C17H21NO2/c19-17(18-16(11-5-6-11)12-7-8-12)14-9-13-3-1-2-4-15(13)20-10-14/h1-4,11-12,14,16H,5-10H2,(H,18,19)/t14-/m1/s1. The van der Waals surface area contributed by atoms with E-state index in [1.807, 2.05) is 18.2 Å². The number of nitrogens with one attached hydrogen (secondary N) is 1. The molecule has 1 aliphatic heterocycles. The Labute approximate surface area is 119 Å². The van der Waals surface area contributed by atoms with E-state index in [1.165, 1.54) is 25.7 Å².